The van der Waals surface area contributed by atoms with E-state index in [9.17, 15) is 8.42 Å². The van der Waals surface area contributed by atoms with Crippen LogP contribution in [-0.2, 0) is 10.1 Å². The molecule has 0 fully saturated rings. The molecule has 0 bridgehead atoms. The molecular formula is C2H5N4NaO3S. The standard InChI is InChI=1S/CHN4.CH4O3S.Na/c1-2-4-5-3-1;1-5(2,3)4;/h(H,2,3,4,5);1H3,(H,2,3,4);. The normalized spacial score (nSPS) is 10.2. The number of rotatable bonds is 0. The van der Waals surface area contributed by atoms with Crippen molar-refractivity contribution in [2.24, 2.45) is 0 Å². The van der Waals surface area contributed by atoms with Crippen LogP contribution < -0.4 is 3.07 Å². The molecule has 0 aliphatic carbocycles. The van der Waals surface area contributed by atoms with Crippen LogP contribution in [-0.4, -0.2) is 67.8 Å². The SMILES string of the molecule is CS(=O)(=O)O.[Na][c]1nnn[nH]1. The molecule has 1 aromatic heterocycles. The fourth-order valence-corrected chi connectivity index (χ4v) is 0.396. The van der Waals surface area contributed by atoms with Crippen molar-refractivity contribution in [3.05, 3.63) is 0 Å². The molecule has 0 aliphatic rings. The van der Waals surface area contributed by atoms with E-state index >= 15 is 0 Å². The molecular weight excluding hydrogens is 183 g/mol. The van der Waals surface area contributed by atoms with Crippen LogP contribution in [0, 0.1) is 0 Å². The molecule has 0 spiro atoms. The Bertz CT molecular complexity index is 272. The summed E-state index contributed by atoms with van der Waals surface area (Å²) in [5.74, 6) is 0. The second kappa shape index (κ2) is 4.78. The Morgan fingerprint density at radius 3 is 2.18 bits per heavy atom. The van der Waals surface area contributed by atoms with E-state index in [2.05, 4.69) is 20.6 Å². The van der Waals surface area contributed by atoms with E-state index < -0.39 is 10.1 Å². The van der Waals surface area contributed by atoms with Crippen molar-refractivity contribution in [3.63, 3.8) is 0 Å². The van der Waals surface area contributed by atoms with Gasteiger partial charge in [0.05, 0.1) is 6.26 Å². The third-order valence-electron chi connectivity index (χ3n) is 0.451. The molecule has 0 saturated heterocycles. The van der Waals surface area contributed by atoms with Gasteiger partial charge in [-0.3, -0.25) is 4.55 Å². The molecule has 0 unspecified atom stereocenters. The Hall–Kier alpha value is -0.0200. The zero-order valence-electron chi connectivity index (χ0n) is 6.01. The van der Waals surface area contributed by atoms with Crippen molar-refractivity contribution in [1.82, 2.24) is 20.6 Å². The predicted molar refractivity (Wildman–Crippen MR) is 37.0 cm³/mol. The van der Waals surface area contributed by atoms with E-state index in [0.717, 1.165) is 31.0 Å². The van der Waals surface area contributed by atoms with Crippen molar-refractivity contribution in [3.8, 4) is 0 Å². The second-order valence-corrected chi connectivity index (χ2v) is 4.13. The van der Waals surface area contributed by atoms with Crippen LogP contribution in [0.5, 0.6) is 0 Å². The van der Waals surface area contributed by atoms with Crippen molar-refractivity contribution in [1.29, 1.82) is 0 Å². The minimum absolute atomic E-state index is 0.715. The summed E-state index contributed by atoms with van der Waals surface area (Å²) in [6.07, 6.45) is 0.715. The van der Waals surface area contributed by atoms with Crippen molar-refractivity contribution >= 4 is 41.1 Å². The third kappa shape index (κ3) is 13.0. The molecule has 0 aliphatic heterocycles. The summed E-state index contributed by atoms with van der Waals surface area (Å²) < 4.78 is 26.8. The van der Waals surface area contributed by atoms with Crippen LogP contribution in [0.2, 0.25) is 0 Å². The first-order valence-corrected chi connectivity index (χ1v) is 5.37. The maximum atomic E-state index is 9.19. The molecule has 0 radical (unpaired) electrons. The molecule has 7 nitrogen and oxygen atoms in total. The average molecular weight is 188 g/mol. The number of hydrogen-bond acceptors (Lipinski definition) is 5. The summed E-state index contributed by atoms with van der Waals surface area (Å²) in [7, 11) is -3.67. The van der Waals surface area contributed by atoms with Gasteiger partial charge in [-0.1, -0.05) is 0 Å². The summed E-state index contributed by atoms with van der Waals surface area (Å²) in [5, 5.41) is 12.8. The second-order valence-electron chi connectivity index (χ2n) is 1.72. The van der Waals surface area contributed by atoms with Crippen LogP contribution in [0.4, 0.5) is 0 Å². The quantitative estimate of drug-likeness (QED) is 0.344. The predicted octanol–water partition coefficient (Wildman–Crippen LogP) is -2.50. The Morgan fingerprint density at radius 1 is 1.64 bits per heavy atom. The summed E-state index contributed by atoms with van der Waals surface area (Å²) in [5.41, 5.74) is 0. The molecule has 58 valence electrons. The van der Waals surface area contributed by atoms with E-state index in [4.69, 9.17) is 4.55 Å². The van der Waals surface area contributed by atoms with Crippen LogP contribution in [0.3, 0.4) is 0 Å². The molecule has 11 heavy (non-hydrogen) atoms. The van der Waals surface area contributed by atoms with E-state index in [1.165, 1.54) is 0 Å². The molecule has 0 atom stereocenters. The summed E-state index contributed by atoms with van der Waals surface area (Å²) in [6.45, 7) is 0. The van der Waals surface area contributed by atoms with Gasteiger partial charge >= 0.3 is 51.6 Å². The maximum absolute atomic E-state index is 9.19. The van der Waals surface area contributed by atoms with Gasteiger partial charge in [-0.2, -0.15) is 8.42 Å². The molecule has 9 heteroatoms. The van der Waals surface area contributed by atoms with Crippen LogP contribution in [0.15, 0.2) is 0 Å². The van der Waals surface area contributed by atoms with Gasteiger partial charge in [-0.15, -0.1) is 0 Å². The summed E-state index contributed by atoms with van der Waals surface area (Å²) in [4.78, 5) is 0. The molecule has 2 N–H and O–H groups in total. The molecule has 1 heterocycles. The number of hydrogen-bond donors (Lipinski definition) is 2. The Labute approximate surface area is 80.7 Å². The number of H-pyrrole nitrogens is 1. The molecule has 1 rings (SSSR count). The average Bonchev–Trinajstić information content (AvgIpc) is 2.12. The molecule has 0 aromatic carbocycles. The number of tetrazole rings is 1. The van der Waals surface area contributed by atoms with Gasteiger partial charge in [0.1, 0.15) is 0 Å². The van der Waals surface area contributed by atoms with Crippen molar-refractivity contribution in [2.75, 3.05) is 6.26 Å². The summed E-state index contributed by atoms with van der Waals surface area (Å²) >= 11 is 0.904. The molecule has 0 saturated carbocycles. The van der Waals surface area contributed by atoms with Gasteiger partial charge in [0.2, 0.25) is 0 Å². The number of nitrogens with one attached hydrogen (secondary N) is 1. The third-order valence-corrected chi connectivity index (χ3v) is 0.875. The molecule has 1 aromatic rings. The molecule has 0 amide bonds. The van der Waals surface area contributed by atoms with E-state index in [1.807, 2.05) is 0 Å². The van der Waals surface area contributed by atoms with Gasteiger partial charge in [-0.25, -0.2) is 0 Å². The van der Waals surface area contributed by atoms with Gasteiger partial charge in [0.25, 0.3) is 10.1 Å². The fraction of sp³-hybridized carbons (Fsp3) is 0.500. The Morgan fingerprint density at radius 2 is 2.09 bits per heavy atom. The monoisotopic (exact) mass is 188 g/mol. The topological polar surface area (TPSA) is 109 Å². The first-order chi connectivity index (χ1) is 4.89. The zero-order valence-corrected chi connectivity index (χ0v) is 8.83. The number of nitrogens with zero attached hydrogens (tertiary/aromatic N) is 3. The fourth-order valence-electron chi connectivity index (χ4n) is 0.207. The van der Waals surface area contributed by atoms with Gasteiger partial charge in [0.15, 0.2) is 0 Å². The van der Waals surface area contributed by atoms with Crippen LogP contribution in [0.25, 0.3) is 0 Å². The van der Waals surface area contributed by atoms with Gasteiger partial charge in [-0.05, 0) is 0 Å². The van der Waals surface area contributed by atoms with Crippen LogP contribution in [0.1, 0.15) is 0 Å². The first kappa shape index (κ1) is 11.0. The van der Waals surface area contributed by atoms with Crippen LogP contribution >= 0.6 is 0 Å². The van der Waals surface area contributed by atoms with E-state index in [1.54, 1.807) is 0 Å². The van der Waals surface area contributed by atoms with Crippen molar-refractivity contribution in [2.45, 2.75) is 0 Å². The Balaban J connectivity index is 0.000000187. The van der Waals surface area contributed by atoms with E-state index in [-0.39, 0.29) is 0 Å². The van der Waals surface area contributed by atoms with E-state index in [0.29, 0.717) is 6.26 Å². The number of aromatic amines is 1. The Kier molecular flexibility index (Phi) is 4.77. The zero-order chi connectivity index (χ0) is 8.91. The first-order valence-electron chi connectivity index (χ1n) is 2.52. The minimum atomic E-state index is -3.67. The number of aromatic nitrogens is 4. The van der Waals surface area contributed by atoms with Gasteiger partial charge < -0.3 is 0 Å². The summed E-state index contributed by atoms with van der Waals surface area (Å²) in [6, 6.07) is 0. The van der Waals surface area contributed by atoms with Gasteiger partial charge in [0, 0.05) is 0 Å². The van der Waals surface area contributed by atoms with Crippen molar-refractivity contribution < 1.29 is 13.0 Å².